The van der Waals surface area contributed by atoms with Gasteiger partial charge in [-0.1, -0.05) is 36.4 Å². The third kappa shape index (κ3) is 5.41. The molecule has 0 bridgehead atoms. The van der Waals surface area contributed by atoms with Gasteiger partial charge in [0.2, 0.25) is 11.8 Å². The summed E-state index contributed by atoms with van der Waals surface area (Å²) in [4.78, 5) is 26.5. The Balaban J connectivity index is 1.48. The highest BCUT2D eigenvalue weighted by Crippen LogP contribution is 2.19. The van der Waals surface area contributed by atoms with Crippen LogP contribution in [0.15, 0.2) is 48.5 Å². The molecule has 1 heterocycles. The maximum absolute atomic E-state index is 13.3. The molecule has 4 nitrogen and oxygen atoms in total. The Bertz CT molecular complexity index is 837. The van der Waals surface area contributed by atoms with Crippen molar-refractivity contribution < 1.29 is 14.0 Å². The molecular formula is C23H27FN2O2. The van der Waals surface area contributed by atoms with Gasteiger partial charge in [-0.05, 0) is 55.0 Å². The van der Waals surface area contributed by atoms with Gasteiger partial charge in [0.15, 0.2) is 0 Å². The van der Waals surface area contributed by atoms with Crippen molar-refractivity contribution in [2.45, 2.75) is 32.6 Å². The van der Waals surface area contributed by atoms with Crippen molar-refractivity contribution in [1.29, 1.82) is 0 Å². The molecule has 1 aliphatic heterocycles. The second-order valence-electron chi connectivity index (χ2n) is 7.42. The lowest BCUT2D eigenvalue weighted by molar-refractivity contribution is -0.138. The van der Waals surface area contributed by atoms with E-state index in [2.05, 4.69) is 24.4 Å². The number of aryl methyl sites for hydroxylation is 1. The standard InChI is InChI=1S/C23H27FN2O2/c1-17-5-2-3-7-19(17)11-13-25-23(28)20-9-10-22(27)26(16-20)14-12-18-6-4-8-21(24)15-18/h2-8,15,20H,9-14,16H2,1H3,(H,25,28)/t20-/m0/s1. The first-order valence-electron chi connectivity index (χ1n) is 9.87. The highest BCUT2D eigenvalue weighted by atomic mass is 19.1. The van der Waals surface area contributed by atoms with E-state index in [1.165, 1.54) is 23.3 Å². The van der Waals surface area contributed by atoms with Crippen LogP contribution in [0.25, 0.3) is 0 Å². The van der Waals surface area contributed by atoms with Gasteiger partial charge in [-0.2, -0.15) is 0 Å². The smallest absolute Gasteiger partial charge is 0.224 e. The van der Waals surface area contributed by atoms with Crippen LogP contribution in [-0.4, -0.2) is 36.3 Å². The lowest BCUT2D eigenvalue weighted by Crippen LogP contribution is -2.46. The van der Waals surface area contributed by atoms with Crippen molar-refractivity contribution in [3.63, 3.8) is 0 Å². The van der Waals surface area contributed by atoms with Crippen molar-refractivity contribution in [1.82, 2.24) is 10.2 Å². The van der Waals surface area contributed by atoms with E-state index in [0.717, 1.165) is 12.0 Å². The molecule has 2 amide bonds. The molecule has 0 radical (unpaired) electrons. The number of amides is 2. The maximum atomic E-state index is 13.3. The van der Waals surface area contributed by atoms with Gasteiger partial charge >= 0.3 is 0 Å². The van der Waals surface area contributed by atoms with Crippen molar-refractivity contribution in [3.8, 4) is 0 Å². The normalized spacial score (nSPS) is 16.9. The number of halogens is 1. The molecule has 28 heavy (non-hydrogen) atoms. The van der Waals surface area contributed by atoms with Crippen LogP contribution < -0.4 is 5.32 Å². The number of carbonyl (C=O) groups excluding carboxylic acids is 2. The number of benzene rings is 2. The minimum absolute atomic E-state index is 0.0110. The van der Waals surface area contributed by atoms with E-state index in [1.807, 2.05) is 18.2 Å². The van der Waals surface area contributed by atoms with Gasteiger partial charge in [0.05, 0.1) is 5.92 Å². The quantitative estimate of drug-likeness (QED) is 0.799. The SMILES string of the molecule is Cc1ccccc1CCNC(=O)[C@H]1CCC(=O)N(CCc2cccc(F)c2)C1. The van der Waals surface area contributed by atoms with Gasteiger partial charge in [-0.25, -0.2) is 4.39 Å². The Morgan fingerprint density at radius 2 is 2.00 bits per heavy atom. The Hall–Kier alpha value is -2.69. The van der Waals surface area contributed by atoms with Crippen molar-refractivity contribution in [3.05, 3.63) is 71.0 Å². The predicted molar refractivity (Wildman–Crippen MR) is 107 cm³/mol. The second-order valence-corrected chi connectivity index (χ2v) is 7.42. The fourth-order valence-corrected chi connectivity index (χ4v) is 3.66. The molecular weight excluding hydrogens is 355 g/mol. The summed E-state index contributed by atoms with van der Waals surface area (Å²) in [6.07, 6.45) is 2.36. The summed E-state index contributed by atoms with van der Waals surface area (Å²) in [7, 11) is 0. The lowest BCUT2D eigenvalue weighted by atomic mass is 9.96. The first-order valence-corrected chi connectivity index (χ1v) is 9.87. The third-order valence-electron chi connectivity index (χ3n) is 5.39. The van der Waals surface area contributed by atoms with Crippen LogP contribution in [0.5, 0.6) is 0 Å². The van der Waals surface area contributed by atoms with E-state index in [9.17, 15) is 14.0 Å². The molecule has 3 rings (SSSR count). The largest absolute Gasteiger partial charge is 0.355 e. The van der Waals surface area contributed by atoms with Crippen LogP contribution >= 0.6 is 0 Å². The Labute approximate surface area is 165 Å². The molecule has 1 aliphatic rings. The molecule has 0 aliphatic carbocycles. The van der Waals surface area contributed by atoms with Gasteiger partial charge in [0, 0.05) is 26.1 Å². The molecule has 2 aromatic rings. The monoisotopic (exact) mass is 382 g/mol. The van der Waals surface area contributed by atoms with Crippen LogP contribution in [0.4, 0.5) is 4.39 Å². The third-order valence-corrected chi connectivity index (χ3v) is 5.39. The Morgan fingerprint density at radius 3 is 2.79 bits per heavy atom. The molecule has 1 N–H and O–H groups in total. The summed E-state index contributed by atoms with van der Waals surface area (Å²) in [6, 6.07) is 14.6. The maximum Gasteiger partial charge on any atom is 0.224 e. The predicted octanol–water partition coefficient (Wildman–Crippen LogP) is 3.27. The van der Waals surface area contributed by atoms with Crippen molar-refractivity contribution >= 4 is 11.8 Å². The topological polar surface area (TPSA) is 49.4 Å². The van der Waals surface area contributed by atoms with Gasteiger partial charge in [-0.3, -0.25) is 9.59 Å². The summed E-state index contributed by atoms with van der Waals surface area (Å²) in [5.74, 6) is -0.368. The fraction of sp³-hybridized carbons (Fsp3) is 0.391. The van der Waals surface area contributed by atoms with E-state index in [4.69, 9.17) is 0 Å². The van der Waals surface area contributed by atoms with E-state index in [1.54, 1.807) is 11.0 Å². The molecule has 0 unspecified atom stereocenters. The zero-order valence-electron chi connectivity index (χ0n) is 16.3. The average molecular weight is 382 g/mol. The summed E-state index contributed by atoms with van der Waals surface area (Å²) < 4.78 is 13.3. The molecule has 1 fully saturated rings. The van der Waals surface area contributed by atoms with E-state index in [-0.39, 0.29) is 23.5 Å². The number of piperidine rings is 1. The number of carbonyl (C=O) groups is 2. The van der Waals surface area contributed by atoms with Crippen molar-refractivity contribution in [2.75, 3.05) is 19.6 Å². The summed E-state index contributed by atoms with van der Waals surface area (Å²) in [5.41, 5.74) is 3.32. The number of hydrogen-bond donors (Lipinski definition) is 1. The molecule has 1 saturated heterocycles. The molecule has 148 valence electrons. The lowest BCUT2D eigenvalue weighted by Gasteiger charge is -2.32. The number of rotatable bonds is 7. The van der Waals surface area contributed by atoms with E-state index < -0.39 is 0 Å². The molecule has 1 atom stereocenters. The summed E-state index contributed by atoms with van der Waals surface area (Å²) in [6.45, 7) is 3.61. The van der Waals surface area contributed by atoms with E-state index in [0.29, 0.717) is 38.9 Å². The Kier molecular flexibility index (Phi) is 6.80. The van der Waals surface area contributed by atoms with Gasteiger partial charge < -0.3 is 10.2 Å². The average Bonchev–Trinajstić information content (AvgIpc) is 2.69. The summed E-state index contributed by atoms with van der Waals surface area (Å²) >= 11 is 0. The van der Waals surface area contributed by atoms with Crippen LogP contribution in [0.1, 0.15) is 29.5 Å². The van der Waals surface area contributed by atoms with Gasteiger partial charge in [0.25, 0.3) is 0 Å². The van der Waals surface area contributed by atoms with Gasteiger partial charge in [-0.15, -0.1) is 0 Å². The van der Waals surface area contributed by atoms with Crippen LogP contribution in [0, 0.1) is 18.7 Å². The minimum atomic E-state index is -0.270. The van der Waals surface area contributed by atoms with Crippen LogP contribution in [0.3, 0.4) is 0 Å². The minimum Gasteiger partial charge on any atom is -0.355 e. The molecule has 0 saturated carbocycles. The highest BCUT2D eigenvalue weighted by molar-refractivity contribution is 5.83. The van der Waals surface area contributed by atoms with E-state index >= 15 is 0 Å². The zero-order valence-corrected chi connectivity index (χ0v) is 16.3. The molecule has 2 aromatic carbocycles. The summed E-state index contributed by atoms with van der Waals surface area (Å²) in [5, 5.41) is 3.02. The zero-order chi connectivity index (χ0) is 19.9. The van der Waals surface area contributed by atoms with Crippen LogP contribution in [-0.2, 0) is 22.4 Å². The first-order chi connectivity index (χ1) is 13.5. The Morgan fingerprint density at radius 1 is 1.18 bits per heavy atom. The number of nitrogens with zero attached hydrogens (tertiary/aromatic N) is 1. The fourth-order valence-electron chi connectivity index (χ4n) is 3.66. The van der Waals surface area contributed by atoms with Crippen LogP contribution in [0.2, 0.25) is 0 Å². The molecule has 0 spiro atoms. The number of nitrogens with one attached hydrogen (secondary N) is 1. The van der Waals surface area contributed by atoms with Gasteiger partial charge in [0.1, 0.15) is 5.82 Å². The highest BCUT2D eigenvalue weighted by Gasteiger charge is 2.29. The second kappa shape index (κ2) is 9.49. The number of likely N-dealkylation sites (tertiary alicyclic amines) is 1. The number of hydrogen-bond acceptors (Lipinski definition) is 2. The first kappa shape index (κ1) is 20.1. The van der Waals surface area contributed by atoms with Crippen molar-refractivity contribution in [2.24, 2.45) is 5.92 Å². The molecule has 5 heteroatoms. The molecule has 0 aromatic heterocycles.